The van der Waals surface area contributed by atoms with Crippen LogP contribution in [-0.2, 0) is 14.3 Å². The van der Waals surface area contributed by atoms with E-state index in [-0.39, 0.29) is 24.9 Å². The normalized spacial score (nSPS) is 13.5. The van der Waals surface area contributed by atoms with Crippen LogP contribution in [-0.4, -0.2) is 46.9 Å². The minimum absolute atomic E-state index is 0.0582. The van der Waals surface area contributed by atoms with E-state index in [1.807, 2.05) is 0 Å². The van der Waals surface area contributed by atoms with Crippen molar-refractivity contribution in [3.8, 4) is 0 Å². The Morgan fingerprint density at radius 1 is 0.484 bits per heavy atom. The second kappa shape index (κ2) is 51.8. The summed E-state index contributed by atoms with van der Waals surface area (Å²) >= 11 is 0. The van der Waals surface area contributed by atoms with Crippen LogP contribution in [0.5, 0.6) is 0 Å². The standard InChI is InChI=1S/C58H107NO5/c1-4-7-10-13-16-19-22-25-27-29-30-32-35-38-41-44-47-50-56(61)55(53-60)59-57(62)52-54(49-46-43-40-37-34-24-21-18-15-12-9-6-3)64-58(63)51-48-45-42-39-36-33-31-28-26-23-20-17-14-11-8-5-2/h9,12,18,21,28,31,33,36,54-56,60-61H,4-8,10-11,13-17,19-20,22-27,29-30,32,34-35,37-53H2,1-3H3,(H,59,62)/b12-9+,21-18+,31-28+,36-33+. The number of amides is 1. The Morgan fingerprint density at radius 3 is 1.36 bits per heavy atom. The monoisotopic (exact) mass is 898 g/mol. The van der Waals surface area contributed by atoms with Gasteiger partial charge in [0.1, 0.15) is 6.10 Å². The predicted molar refractivity (Wildman–Crippen MR) is 278 cm³/mol. The lowest BCUT2D eigenvalue weighted by Gasteiger charge is -2.24. The molecule has 0 radical (unpaired) electrons. The summed E-state index contributed by atoms with van der Waals surface area (Å²) in [5, 5.41) is 23.8. The number of unbranched alkanes of at least 4 members (excludes halogenated alkanes) is 31. The zero-order chi connectivity index (χ0) is 46.7. The molecule has 0 aromatic rings. The number of esters is 1. The van der Waals surface area contributed by atoms with Gasteiger partial charge in [0, 0.05) is 6.42 Å². The topological polar surface area (TPSA) is 95.9 Å². The number of carbonyl (C=O) groups excluding carboxylic acids is 2. The highest BCUT2D eigenvalue weighted by atomic mass is 16.5. The Balaban J connectivity index is 4.53. The van der Waals surface area contributed by atoms with Gasteiger partial charge in [-0.05, 0) is 77.0 Å². The third-order valence-corrected chi connectivity index (χ3v) is 12.7. The average Bonchev–Trinajstić information content (AvgIpc) is 3.29. The van der Waals surface area contributed by atoms with E-state index in [2.05, 4.69) is 74.7 Å². The molecule has 0 aliphatic rings. The van der Waals surface area contributed by atoms with Crippen molar-refractivity contribution < 1.29 is 24.5 Å². The second-order valence-electron chi connectivity index (χ2n) is 19.0. The summed E-state index contributed by atoms with van der Waals surface area (Å²) in [6, 6.07) is -0.712. The van der Waals surface area contributed by atoms with Crippen LogP contribution >= 0.6 is 0 Å². The van der Waals surface area contributed by atoms with Crippen molar-refractivity contribution >= 4 is 11.9 Å². The first-order chi connectivity index (χ1) is 31.5. The second-order valence-corrected chi connectivity index (χ2v) is 19.0. The molecule has 0 aliphatic carbocycles. The molecule has 0 fully saturated rings. The van der Waals surface area contributed by atoms with Gasteiger partial charge in [-0.25, -0.2) is 0 Å². The molecular weight excluding hydrogens is 791 g/mol. The van der Waals surface area contributed by atoms with Gasteiger partial charge in [-0.2, -0.15) is 0 Å². The lowest BCUT2D eigenvalue weighted by atomic mass is 10.0. The molecule has 0 saturated heterocycles. The SMILES string of the molecule is CC/C=C/C/C=C/CCCCCCCC(CC(=O)NC(CO)C(O)CCCCCCCCCCCCCCCCCCC)OC(=O)CCCCC/C=C/C=C/CCCCCCCCC. The summed E-state index contributed by atoms with van der Waals surface area (Å²) in [4.78, 5) is 26.2. The molecule has 0 rings (SSSR count). The molecule has 64 heavy (non-hydrogen) atoms. The fourth-order valence-corrected chi connectivity index (χ4v) is 8.46. The molecular formula is C58H107NO5. The molecule has 3 atom stereocenters. The fraction of sp³-hybridized carbons (Fsp3) is 0.828. The summed E-state index contributed by atoms with van der Waals surface area (Å²) in [5.41, 5.74) is 0. The lowest BCUT2D eigenvalue weighted by Crippen LogP contribution is -2.46. The maximum Gasteiger partial charge on any atom is 0.306 e. The van der Waals surface area contributed by atoms with Gasteiger partial charge in [0.2, 0.25) is 5.91 Å². The molecule has 0 heterocycles. The van der Waals surface area contributed by atoms with Gasteiger partial charge in [0.05, 0.1) is 25.2 Å². The molecule has 374 valence electrons. The summed E-state index contributed by atoms with van der Waals surface area (Å²) < 4.78 is 5.93. The van der Waals surface area contributed by atoms with Crippen molar-refractivity contribution in [3.05, 3.63) is 48.6 Å². The highest BCUT2D eigenvalue weighted by molar-refractivity contribution is 5.77. The number of carbonyl (C=O) groups is 2. The van der Waals surface area contributed by atoms with Crippen LogP contribution in [0.25, 0.3) is 0 Å². The quantitative estimate of drug-likeness (QED) is 0.0245. The Labute approximate surface area is 397 Å². The number of aliphatic hydroxyl groups is 2. The number of hydrogen-bond acceptors (Lipinski definition) is 5. The third kappa shape index (κ3) is 46.4. The largest absolute Gasteiger partial charge is 0.462 e. The van der Waals surface area contributed by atoms with Crippen LogP contribution in [0.4, 0.5) is 0 Å². The zero-order valence-electron chi connectivity index (χ0n) is 42.7. The fourth-order valence-electron chi connectivity index (χ4n) is 8.46. The molecule has 0 bridgehead atoms. The highest BCUT2D eigenvalue weighted by Crippen LogP contribution is 2.18. The third-order valence-electron chi connectivity index (χ3n) is 12.7. The van der Waals surface area contributed by atoms with E-state index < -0.39 is 18.2 Å². The van der Waals surface area contributed by atoms with Gasteiger partial charge in [-0.15, -0.1) is 0 Å². The molecule has 1 amide bonds. The van der Waals surface area contributed by atoms with Crippen LogP contribution in [0.1, 0.15) is 284 Å². The first-order valence-electron chi connectivity index (χ1n) is 27.9. The first-order valence-corrected chi connectivity index (χ1v) is 27.9. The summed E-state index contributed by atoms with van der Waals surface area (Å²) in [6.07, 6.45) is 63.2. The predicted octanol–water partition coefficient (Wildman–Crippen LogP) is 17.0. The number of aliphatic hydroxyl groups excluding tert-OH is 2. The van der Waals surface area contributed by atoms with E-state index in [1.54, 1.807) is 0 Å². The molecule has 6 nitrogen and oxygen atoms in total. The zero-order valence-corrected chi connectivity index (χ0v) is 42.7. The molecule has 3 N–H and O–H groups in total. The smallest absolute Gasteiger partial charge is 0.306 e. The number of ether oxygens (including phenoxy) is 1. The van der Waals surface area contributed by atoms with Gasteiger partial charge in [0.15, 0.2) is 0 Å². The molecule has 3 unspecified atom stereocenters. The Bertz CT molecular complexity index is 1100. The van der Waals surface area contributed by atoms with Crippen molar-refractivity contribution in [2.24, 2.45) is 0 Å². The van der Waals surface area contributed by atoms with E-state index in [9.17, 15) is 19.8 Å². The van der Waals surface area contributed by atoms with Crippen LogP contribution in [0.2, 0.25) is 0 Å². The van der Waals surface area contributed by atoms with Gasteiger partial charge in [-0.3, -0.25) is 9.59 Å². The van der Waals surface area contributed by atoms with Crippen molar-refractivity contribution in [2.75, 3.05) is 6.61 Å². The van der Waals surface area contributed by atoms with Crippen LogP contribution in [0.15, 0.2) is 48.6 Å². The van der Waals surface area contributed by atoms with Gasteiger partial charge < -0.3 is 20.3 Å². The number of nitrogens with one attached hydrogen (secondary N) is 1. The van der Waals surface area contributed by atoms with E-state index in [1.165, 1.54) is 148 Å². The molecule has 0 spiro atoms. The molecule has 0 aromatic heterocycles. The first kappa shape index (κ1) is 61.8. The van der Waals surface area contributed by atoms with Gasteiger partial charge in [-0.1, -0.05) is 243 Å². The summed E-state index contributed by atoms with van der Waals surface area (Å²) in [5.74, 6) is -0.512. The van der Waals surface area contributed by atoms with Crippen LogP contribution in [0, 0.1) is 0 Å². The summed E-state index contributed by atoms with van der Waals surface area (Å²) in [7, 11) is 0. The Hall–Kier alpha value is -2.18. The van der Waals surface area contributed by atoms with Crippen molar-refractivity contribution in [1.82, 2.24) is 5.32 Å². The number of hydrogen-bond donors (Lipinski definition) is 3. The number of rotatable bonds is 50. The van der Waals surface area contributed by atoms with E-state index in [0.29, 0.717) is 19.3 Å². The van der Waals surface area contributed by atoms with Crippen molar-refractivity contribution in [1.29, 1.82) is 0 Å². The van der Waals surface area contributed by atoms with Gasteiger partial charge >= 0.3 is 5.97 Å². The van der Waals surface area contributed by atoms with E-state index in [4.69, 9.17) is 4.74 Å². The van der Waals surface area contributed by atoms with Gasteiger partial charge in [0.25, 0.3) is 0 Å². The van der Waals surface area contributed by atoms with Crippen LogP contribution < -0.4 is 5.32 Å². The number of allylic oxidation sites excluding steroid dienone is 8. The van der Waals surface area contributed by atoms with Crippen molar-refractivity contribution in [3.63, 3.8) is 0 Å². The van der Waals surface area contributed by atoms with Crippen LogP contribution in [0.3, 0.4) is 0 Å². The molecule has 6 heteroatoms. The molecule has 0 saturated carbocycles. The molecule has 0 aliphatic heterocycles. The van der Waals surface area contributed by atoms with Crippen molar-refractivity contribution in [2.45, 2.75) is 302 Å². The maximum absolute atomic E-state index is 13.2. The lowest BCUT2D eigenvalue weighted by molar-refractivity contribution is -0.151. The maximum atomic E-state index is 13.2. The summed E-state index contributed by atoms with van der Waals surface area (Å²) in [6.45, 7) is 6.38. The van der Waals surface area contributed by atoms with E-state index in [0.717, 1.165) is 89.9 Å². The molecule has 0 aromatic carbocycles. The Kier molecular flexibility index (Phi) is 50.0. The minimum Gasteiger partial charge on any atom is -0.462 e. The van der Waals surface area contributed by atoms with E-state index >= 15 is 0 Å². The average molecular weight is 898 g/mol. The minimum atomic E-state index is -0.797. The Morgan fingerprint density at radius 2 is 0.891 bits per heavy atom. The highest BCUT2D eigenvalue weighted by Gasteiger charge is 2.24.